The van der Waals surface area contributed by atoms with Gasteiger partial charge in [0.1, 0.15) is 11.6 Å². The number of carbonyl (C=O) groups is 1. The highest BCUT2D eigenvalue weighted by Crippen LogP contribution is 2.09. The van der Waals surface area contributed by atoms with Crippen LogP contribution in [0, 0.1) is 11.6 Å². The molecule has 2 rings (SSSR count). The summed E-state index contributed by atoms with van der Waals surface area (Å²) in [6, 6.07) is 12.8. The zero-order chi connectivity index (χ0) is 16.7. The van der Waals surface area contributed by atoms with Gasteiger partial charge in [0.15, 0.2) is 0 Å². The molecule has 0 saturated carbocycles. The van der Waals surface area contributed by atoms with Crippen molar-refractivity contribution in [2.45, 2.75) is 32.4 Å². The Hall–Kier alpha value is -2.43. The van der Waals surface area contributed by atoms with Crippen molar-refractivity contribution in [3.05, 3.63) is 71.3 Å². The Morgan fingerprint density at radius 2 is 1.87 bits per heavy atom. The lowest BCUT2D eigenvalue weighted by Crippen LogP contribution is -2.40. The lowest BCUT2D eigenvalue weighted by atomic mass is 10.1. The molecular weight excluding hydrogens is 298 g/mol. The lowest BCUT2D eigenvalue weighted by molar-refractivity contribution is 0.236. The summed E-state index contributed by atoms with van der Waals surface area (Å²) in [5, 5.41) is 5.33. The van der Waals surface area contributed by atoms with Crippen LogP contribution in [-0.2, 0) is 13.0 Å². The number of hydrogen-bond donors (Lipinski definition) is 2. The number of amides is 2. The second-order valence-corrected chi connectivity index (χ2v) is 5.49. The smallest absolute Gasteiger partial charge is 0.315 e. The molecule has 23 heavy (non-hydrogen) atoms. The predicted molar refractivity (Wildman–Crippen MR) is 86.0 cm³/mol. The third-order valence-corrected chi connectivity index (χ3v) is 3.53. The van der Waals surface area contributed by atoms with E-state index >= 15 is 0 Å². The Morgan fingerprint density at radius 3 is 2.61 bits per heavy atom. The van der Waals surface area contributed by atoms with Crippen LogP contribution in [0.4, 0.5) is 13.6 Å². The van der Waals surface area contributed by atoms with Crippen molar-refractivity contribution >= 4 is 6.03 Å². The van der Waals surface area contributed by atoms with Gasteiger partial charge in [0.25, 0.3) is 0 Å². The third kappa shape index (κ3) is 5.70. The van der Waals surface area contributed by atoms with E-state index in [0.29, 0.717) is 0 Å². The summed E-state index contributed by atoms with van der Waals surface area (Å²) in [5.74, 6) is -1.07. The van der Waals surface area contributed by atoms with Gasteiger partial charge < -0.3 is 10.6 Å². The molecule has 0 aliphatic rings. The van der Waals surface area contributed by atoms with E-state index in [1.807, 2.05) is 37.3 Å². The molecule has 2 aromatic rings. The first-order valence-electron chi connectivity index (χ1n) is 7.57. The lowest BCUT2D eigenvalue weighted by Gasteiger charge is -2.15. The van der Waals surface area contributed by atoms with Crippen molar-refractivity contribution < 1.29 is 13.6 Å². The standard InChI is InChI=1S/C18H20F2N2O/c1-13(7-8-14-5-3-2-4-6-14)22-18(23)21-12-15-11-16(19)9-10-17(15)20/h2-6,9-11,13H,7-8,12H2,1H3,(H2,21,22,23). The van der Waals surface area contributed by atoms with Crippen molar-refractivity contribution in [1.29, 1.82) is 0 Å². The highest BCUT2D eigenvalue weighted by Gasteiger charge is 2.09. The Balaban J connectivity index is 1.74. The molecular formula is C18H20F2N2O. The van der Waals surface area contributed by atoms with Gasteiger partial charge in [-0.15, -0.1) is 0 Å². The molecule has 2 amide bonds. The van der Waals surface area contributed by atoms with E-state index in [4.69, 9.17) is 0 Å². The molecule has 0 radical (unpaired) electrons. The zero-order valence-electron chi connectivity index (χ0n) is 13.0. The molecule has 0 saturated heterocycles. The molecule has 0 fully saturated rings. The fraction of sp³-hybridized carbons (Fsp3) is 0.278. The average molecular weight is 318 g/mol. The quantitative estimate of drug-likeness (QED) is 0.836. The van der Waals surface area contributed by atoms with E-state index in [-0.39, 0.29) is 18.2 Å². The minimum Gasteiger partial charge on any atom is -0.336 e. The van der Waals surface area contributed by atoms with Crippen molar-refractivity contribution in [3.63, 3.8) is 0 Å². The molecule has 1 atom stereocenters. The minimum absolute atomic E-state index is 0.0208. The summed E-state index contributed by atoms with van der Waals surface area (Å²) < 4.78 is 26.5. The average Bonchev–Trinajstić information content (AvgIpc) is 2.55. The number of aryl methyl sites for hydroxylation is 1. The van der Waals surface area contributed by atoms with Crippen molar-refractivity contribution in [3.8, 4) is 0 Å². The van der Waals surface area contributed by atoms with Gasteiger partial charge in [-0.2, -0.15) is 0 Å². The number of nitrogens with one attached hydrogen (secondary N) is 2. The van der Waals surface area contributed by atoms with Crippen molar-refractivity contribution in [2.24, 2.45) is 0 Å². The largest absolute Gasteiger partial charge is 0.336 e. The minimum atomic E-state index is -0.538. The fourth-order valence-electron chi connectivity index (χ4n) is 2.23. The van der Waals surface area contributed by atoms with Crippen LogP contribution >= 0.6 is 0 Å². The molecule has 122 valence electrons. The van der Waals surface area contributed by atoms with Gasteiger partial charge in [-0.1, -0.05) is 30.3 Å². The molecule has 0 aliphatic heterocycles. The SMILES string of the molecule is CC(CCc1ccccc1)NC(=O)NCc1cc(F)ccc1F. The van der Waals surface area contributed by atoms with Crippen molar-refractivity contribution in [2.75, 3.05) is 0 Å². The fourth-order valence-corrected chi connectivity index (χ4v) is 2.23. The maximum atomic E-state index is 13.5. The van der Waals surface area contributed by atoms with Crippen LogP contribution in [0.3, 0.4) is 0 Å². The molecule has 3 nitrogen and oxygen atoms in total. The second-order valence-electron chi connectivity index (χ2n) is 5.49. The summed E-state index contributed by atoms with van der Waals surface area (Å²) in [4.78, 5) is 11.8. The maximum Gasteiger partial charge on any atom is 0.315 e. The van der Waals surface area contributed by atoms with Gasteiger partial charge in [-0.05, 0) is 43.5 Å². The Kier molecular flexibility index (Phi) is 6.09. The molecule has 2 aromatic carbocycles. The first-order valence-corrected chi connectivity index (χ1v) is 7.57. The zero-order valence-corrected chi connectivity index (χ0v) is 13.0. The number of benzene rings is 2. The Labute approximate surface area is 134 Å². The molecule has 5 heteroatoms. The van der Waals surface area contributed by atoms with Gasteiger partial charge >= 0.3 is 6.03 Å². The normalized spacial score (nSPS) is 11.8. The first kappa shape index (κ1) is 16.9. The summed E-state index contributed by atoms with van der Waals surface area (Å²) in [6.07, 6.45) is 1.66. The molecule has 0 aromatic heterocycles. The van der Waals surface area contributed by atoms with Gasteiger partial charge in [0, 0.05) is 18.2 Å². The molecule has 0 heterocycles. The molecule has 1 unspecified atom stereocenters. The Morgan fingerprint density at radius 1 is 1.13 bits per heavy atom. The number of hydrogen-bond acceptors (Lipinski definition) is 1. The molecule has 0 aliphatic carbocycles. The second kappa shape index (κ2) is 8.27. The van der Waals surface area contributed by atoms with E-state index in [2.05, 4.69) is 10.6 Å². The number of carbonyl (C=O) groups excluding carboxylic acids is 1. The van der Waals surface area contributed by atoms with E-state index < -0.39 is 17.7 Å². The molecule has 0 bridgehead atoms. The van der Waals surface area contributed by atoms with E-state index in [9.17, 15) is 13.6 Å². The number of rotatable bonds is 6. The Bertz CT molecular complexity index is 647. The summed E-state index contributed by atoms with van der Waals surface area (Å²) in [6.45, 7) is 1.85. The van der Waals surface area contributed by atoms with Crippen LogP contribution in [0.1, 0.15) is 24.5 Å². The summed E-state index contributed by atoms with van der Waals surface area (Å²) in [5.41, 5.74) is 1.33. The van der Waals surface area contributed by atoms with Crippen molar-refractivity contribution in [1.82, 2.24) is 10.6 Å². The monoisotopic (exact) mass is 318 g/mol. The maximum absolute atomic E-state index is 13.5. The van der Waals surface area contributed by atoms with Gasteiger partial charge in [0.05, 0.1) is 0 Å². The van der Waals surface area contributed by atoms with Crippen LogP contribution in [0.2, 0.25) is 0 Å². The molecule has 0 spiro atoms. The van der Waals surface area contributed by atoms with Crippen LogP contribution in [0.25, 0.3) is 0 Å². The van der Waals surface area contributed by atoms with E-state index in [1.54, 1.807) is 0 Å². The summed E-state index contributed by atoms with van der Waals surface area (Å²) in [7, 11) is 0. The van der Waals surface area contributed by atoms with Crippen LogP contribution in [0.5, 0.6) is 0 Å². The van der Waals surface area contributed by atoms with Crippen LogP contribution < -0.4 is 10.6 Å². The third-order valence-electron chi connectivity index (χ3n) is 3.53. The van der Waals surface area contributed by atoms with Gasteiger partial charge in [0.2, 0.25) is 0 Å². The van der Waals surface area contributed by atoms with Gasteiger partial charge in [-0.25, -0.2) is 13.6 Å². The predicted octanol–water partition coefficient (Wildman–Crippen LogP) is 3.79. The number of halogens is 2. The number of urea groups is 1. The first-order chi connectivity index (χ1) is 11.0. The van der Waals surface area contributed by atoms with E-state index in [1.165, 1.54) is 5.56 Å². The topological polar surface area (TPSA) is 41.1 Å². The summed E-state index contributed by atoms with van der Waals surface area (Å²) >= 11 is 0. The molecule has 2 N–H and O–H groups in total. The van der Waals surface area contributed by atoms with Gasteiger partial charge in [-0.3, -0.25) is 0 Å². The highest BCUT2D eigenvalue weighted by atomic mass is 19.1. The van der Waals surface area contributed by atoms with E-state index in [0.717, 1.165) is 31.0 Å². The van der Waals surface area contributed by atoms with Crippen LogP contribution in [0.15, 0.2) is 48.5 Å². The van der Waals surface area contributed by atoms with Crippen LogP contribution in [-0.4, -0.2) is 12.1 Å². The highest BCUT2D eigenvalue weighted by molar-refractivity contribution is 5.74.